The second kappa shape index (κ2) is 29.7. The highest BCUT2D eigenvalue weighted by Gasteiger charge is 2.27. The lowest BCUT2D eigenvalue weighted by Crippen LogP contribution is -2.44. The minimum absolute atomic E-state index is 0.0186. The van der Waals surface area contributed by atoms with Gasteiger partial charge in [0.05, 0.1) is 13.2 Å². The molecule has 1 atom stereocenters. The van der Waals surface area contributed by atoms with Crippen LogP contribution >= 0.6 is 11.8 Å². The summed E-state index contributed by atoms with van der Waals surface area (Å²) >= 11 is 2.07. The summed E-state index contributed by atoms with van der Waals surface area (Å²) in [6.07, 6.45) is 19.1. The van der Waals surface area contributed by atoms with E-state index in [0.717, 1.165) is 19.3 Å². The first-order chi connectivity index (χ1) is 21.5. The number of hydrogen-bond acceptors (Lipinski definition) is 8. The second-order valence-corrected chi connectivity index (χ2v) is 14.1. The number of aliphatic carboxylic acids is 1. The summed E-state index contributed by atoms with van der Waals surface area (Å²) in [6, 6.07) is -0.855. The maximum atomic E-state index is 12.7. The summed E-state index contributed by atoms with van der Waals surface area (Å²) in [5.74, 6) is 0.722. The van der Waals surface area contributed by atoms with E-state index in [4.69, 9.17) is 19.3 Å². The molecule has 10 heteroatoms. The van der Waals surface area contributed by atoms with E-state index >= 15 is 0 Å². The number of carboxylic acids is 1. The molecule has 0 aromatic carbocycles. The van der Waals surface area contributed by atoms with Crippen molar-refractivity contribution in [2.45, 2.75) is 161 Å². The van der Waals surface area contributed by atoms with E-state index in [9.17, 15) is 19.2 Å². The molecule has 0 aromatic heterocycles. The average molecular weight is 660 g/mol. The van der Waals surface area contributed by atoms with E-state index in [1.807, 2.05) is 0 Å². The maximum Gasteiger partial charge on any atom is 0.329 e. The van der Waals surface area contributed by atoms with Gasteiger partial charge in [0, 0.05) is 25.9 Å². The Bertz CT molecular complexity index is 771. The van der Waals surface area contributed by atoms with Gasteiger partial charge in [-0.2, -0.15) is 11.8 Å². The van der Waals surface area contributed by atoms with Crippen LogP contribution in [0.4, 0.5) is 0 Å². The molecule has 0 aliphatic rings. The first-order valence-electron chi connectivity index (χ1n) is 17.5. The van der Waals surface area contributed by atoms with Gasteiger partial charge in [-0.05, 0) is 64.4 Å². The molecule has 0 bridgehead atoms. The molecule has 0 heterocycles. The molecule has 0 aliphatic heterocycles. The van der Waals surface area contributed by atoms with Gasteiger partial charge in [-0.15, -0.1) is 0 Å². The van der Waals surface area contributed by atoms with E-state index in [0.29, 0.717) is 25.9 Å². The summed E-state index contributed by atoms with van der Waals surface area (Å²) in [6.45, 7) is 8.01. The third-order valence-corrected chi connectivity index (χ3v) is 8.32. The number of carboxylic acid groups (broad SMARTS) is 1. The number of carbonyl (C=O) groups is 4. The molecule has 2 N–H and O–H groups in total. The minimum atomic E-state index is -1.03. The molecule has 0 fully saturated rings. The molecular formula is C35H65NO8S. The first kappa shape index (κ1) is 43.4. The number of carbonyl (C=O) groups excluding carboxylic acids is 3. The Balaban J connectivity index is 4.04. The number of hydrogen-bond donors (Lipinski definition) is 2. The van der Waals surface area contributed by atoms with E-state index in [1.54, 1.807) is 20.8 Å². The van der Waals surface area contributed by atoms with Gasteiger partial charge in [0.1, 0.15) is 24.0 Å². The number of thioether (sulfide) groups is 1. The Labute approximate surface area is 278 Å². The highest BCUT2D eigenvalue weighted by atomic mass is 32.2. The molecule has 1 amide bonds. The van der Waals surface area contributed by atoms with Crippen molar-refractivity contribution in [3.8, 4) is 0 Å². The van der Waals surface area contributed by atoms with Crippen LogP contribution in [-0.4, -0.2) is 78.3 Å². The molecule has 9 nitrogen and oxygen atoms in total. The van der Waals surface area contributed by atoms with Crippen LogP contribution < -0.4 is 5.32 Å². The molecule has 0 aliphatic carbocycles. The molecule has 0 spiro atoms. The number of amides is 1. The Morgan fingerprint density at radius 3 is 1.82 bits per heavy atom. The van der Waals surface area contributed by atoms with Crippen molar-refractivity contribution in [2.24, 2.45) is 0 Å². The standard InChI is InChI=1S/C35H65NO8S/c1-5-6-7-8-9-10-11-14-17-27-45-28-18-15-12-13-16-21-32(38)36-31(34(41)44-35(2,3)4)23-22-30(37)20-19-24-42-25-26-43-29-33(39)40/h31H,5-29H2,1-4H3,(H,36,38)(H,39,40). The summed E-state index contributed by atoms with van der Waals surface area (Å²) in [4.78, 5) is 48.1. The summed E-state index contributed by atoms with van der Waals surface area (Å²) in [5, 5.41) is 11.3. The van der Waals surface area contributed by atoms with Crippen LogP contribution in [0, 0.1) is 0 Å². The predicted molar refractivity (Wildman–Crippen MR) is 183 cm³/mol. The normalized spacial score (nSPS) is 12.2. The SMILES string of the molecule is CCCCCCCCCCCSCCCCCCCC(=O)NC(CCC(=O)CCCOCCOCC(=O)O)C(=O)OC(C)(C)C. The third kappa shape index (κ3) is 32.1. The third-order valence-electron chi connectivity index (χ3n) is 7.16. The molecular weight excluding hydrogens is 594 g/mol. The van der Waals surface area contributed by atoms with Crippen LogP contribution in [0.15, 0.2) is 0 Å². The quantitative estimate of drug-likeness (QED) is 0.0552. The largest absolute Gasteiger partial charge is 0.480 e. The van der Waals surface area contributed by atoms with Gasteiger partial charge in [-0.3, -0.25) is 9.59 Å². The van der Waals surface area contributed by atoms with Gasteiger partial charge in [-0.1, -0.05) is 77.6 Å². The van der Waals surface area contributed by atoms with Crippen LogP contribution in [0.5, 0.6) is 0 Å². The van der Waals surface area contributed by atoms with E-state index in [-0.39, 0.29) is 44.4 Å². The number of Topliss-reactive ketones (excluding diaryl/α,β-unsaturated/α-hetero) is 1. The Morgan fingerprint density at radius 2 is 1.24 bits per heavy atom. The Morgan fingerprint density at radius 1 is 0.689 bits per heavy atom. The van der Waals surface area contributed by atoms with Gasteiger partial charge in [0.25, 0.3) is 0 Å². The molecule has 0 radical (unpaired) electrons. The zero-order valence-corrected chi connectivity index (χ0v) is 29.8. The van der Waals surface area contributed by atoms with Crippen molar-refractivity contribution in [3.63, 3.8) is 0 Å². The maximum absolute atomic E-state index is 12.7. The molecule has 264 valence electrons. The number of ketones is 1. The fraction of sp³-hybridized carbons (Fsp3) is 0.886. The Hall–Kier alpha value is -1.65. The fourth-order valence-electron chi connectivity index (χ4n) is 4.71. The lowest BCUT2D eigenvalue weighted by Gasteiger charge is -2.24. The van der Waals surface area contributed by atoms with Crippen LogP contribution in [0.2, 0.25) is 0 Å². The van der Waals surface area contributed by atoms with Crippen molar-refractivity contribution >= 4 is 35.4 Å². The average Bonchev–Trinajstić information content (AvgIpc) is 2.97. The molecule has 0 aromatic rings. The van der Waals surface area contributed by atoms with Crippen LogP contribution in [0.25, 0.3) is 0 Å². The highest BCUT2D eigenvalue weighted by molar-refractivity contribution is 7.99. The smallest absolute Gasteiger partial charge is 0.329 e. The first-order valence-corrected chi connectivity index (χ1v) is 18.7. The van der Waals surface area contributed by atoms with Crippen LogP contribution in [0.1, 0.15) is 150 Å². The zero-order valence-electron chi connectivity index (χ0n) is 29.0. The zero-order chi connectivity index (χ0) is 33.6. The van der Waals surface area contributed by atoms with Gasteiger partial charge in [-0.25, -0.2) is 9.59 Å². The number of esters is 1. The second-order valence-electron chi connectivity index (χ2n) is 12.9. The van der Waals surface area contributed by atoms with Crippen molar-refractivity contribution < 1.29 is 38.5 Å². The van der Waals surface area contributed by atoms with Crippen molar-refractivity contribution in [3.05, 3.63) is 0 Å². The topological polar surface area (TPSA) is 128 Å². The van der Waals surface area contributed by atoms with Gasteiger partial charge < -0.3 is 24.6 Å². The molecule has 0 saturated heterocycles. The highest BCUT2D eigenvalue weighted by Crippen LogP contribution is 2.15. The fourth-order valence-corrected chi connectivity index (χ4v) is 5.73. The Kier molecular flexibility index (Phi) is 28.6. The molecule has 0 saturated carbocycles. The molecule has 0 rings (SSSR count). The van der Waals surface area contributed by atoms with Crippen molar-refractivity contribution in [2.75, 3.05) is 37.9 Å². The number of nitrogens with one attached hydrogen (secondary N) is 1. The lowest BCUT2D eigenvalue weighted by molar-refractivity contribution is -0.159. The van der Waals surface area contributed by atoms with Crippen LogP contribution in [-0.2, 0) is 33.4 Å². The van der Waals surface area contributed by atoms with Crippen molar-refractivity contribution in [1.82, 2.24) is 5.32 Å². The number of ether oxygens (including phenoxy) is 3. The number of unbranched alkanes of at least 4 members (excludes halogenated alkanes) is 12. The summed E-state index contributed by atoms with van der Waals surface area (Å²) < 4.78 is 15.7. The lowest BCUT2D eigenvalue weighted by atomic mass is 10.0. The summed E-state index contributed by atoms with van der Waals surface area (Å²) in [7, 11) is 0. The van der Waals surface area contributed by atoms with Crippen LogP contribution in [0.3, 0.4) is 0 Å². The predicted octanol–water partition coefficient (Wildman–Crippen LogP) is 7.66. The molecule has 45 heavy (non-hydrogen) atoms. The molecule has 1 unspecified atom stereocenters. The van der Waals surface area contributed by atoms with E-state index in [1.165, 1.54) is 82.1 Å². The van der Waals surface area contributed by atoms with Crippen molar-refractivity contribution in [1.29, 1.82) is 0 Å². The van der Waals surface area contributed by atoms with E-state index in [2.05, 4.69) is 24.0 Å². The summed E-state index contributed by atoms with van der Waals surface area (Å²) in [5.41, 5.74) is -0.693. The van der Waals surface area contributed by atoms with Gasteiger partial charge in [0.2, 0.25) is 5.91 Å². The number of rotatable bonds is 32. The monoisotopic (exact) mass is 659 g/mol. The van der Waals surface area contributed by atoms with E-state index < -0.39 is 23.6 Å². The van der Waals surface area contributed by atoms with Gasteiger partial charge in [0.15, 0.2) is 0 Å². The van der Waals surface area contributed by atoms with Gasteiger partial charge >= 0.3 is 11.9 Å². The minimum Gasteiger partial charge on any atom is -0.480 e.